The second-order valence-corrected chi connectivity index (χ2v) is 5.74. The smallest absolute Gasteiger partial charge is 0.224 e. The molecule has 1 aliphatic heterocycles. The summed E-state index contributed by atoms with van der Waals surface area (Å²) in [7, 11) is 0. The molecule has 0 spiro atoms. The number of hydrogen-bond acceptors (Lipinski definition) is 2. The highest BCUT2D eigenvalue weighted by Gasteiger charge is 2.12. The zero-order valence-electron chi connectivity index (χ0n) is 12.0. The molecule has 1 aromatic carbocycles. The maximum absolute atomic E-state index is 11.8. The largest absolute Gasteiger partial charge is 0.371 e. The number of nitrogens with one attached hydrogen (secondary N) is 1. The molecule has 0 aromatic heterocycles. The Morgan fingerprint density at radius 3 is 2.68 bits per heavy atom. The summed E-state index contributed by atoms with van der Waals surface area (Å²) >= 11 is 0. The fourth-order valence-electron chi connectivity index (χ4n) is 2.52. The van der Waals surface area contributed by atoms with Crippen molar-refractivity contribution in [1.82, 2.24) is 0 Å². The van der Waals surface area contributed by atoms with E-state index in [0.717, 1.165) is 18.8 Å². The summed E-state index contributed by atoms with van der Waals surface area (Å²) in [4.78, 5) is 14.2. The second-order valence-electron chi connectivity index (χ2n) is 5.74. The van der Waals surface area contributed by atoms with Crippen molar-refractivity contribution in [1.29, 1.82) is 0 Å². The third-order valence-electron chi connectivity index (χ3n) is 3.44. The van der Waals surface area contributed by atoms with E-state index in [1.165, 1.54) is 24.9 Å². The molecule has 0 radical (unpaired) electrons. The quantitative estimate of drug-likeness (QED) is 0.896. The van der Waals surface area contributed by atoms with E-state index in [4.69, 9.17) is 0 Å². The van der Waals surface area contributed by atoms with Gasteiger partial charge < -0.3 is 10.2 Å². The molecular formula is C16H24N2O. The molecule has 0 saturated carbocycles. The van der Waals surface area contributed by atoms with Gasteiger partial charge in [-0.25, -0.2) is 0 Å². The minimum absolute atomic E-state index is 0.103. The molecule has 104 valence electrons. The van der Waals surface area contributed by atoms with E-state index >= 15 is 0 Å². The standard InChI is InChI=1S/C16H24N2O/c1-13(2)11-16(19)17-14-7-6-8-15(12-14)18-9-4-3-5-10-18/h6-8,12-13H,3-5,9-11H2,1-2H3,(H,17,19). The van der Waals surface area contributed by atoms with Crippen molar-refractivity contribution in [2.75, 3.05) is 23.3 Å². The first-order chi connectivity index (χ1) is 9.15. The van der Waals surface area contributed by atoms with E-state index in [0.29, 0.717) is 12.3 Å². The van der Waals surface area contributed by atoms with Crippen LogP contribution in [0.4, 0.5) is 11.4 Å². The van der Waals surface area contributed by atoms with Crippen LogP contribution in [0.25, 0.3) is 0 Å². The van der Waals surface area contributed by atoms with Crippen molar-refractivity contribution >= 4 is 17.3 Å². The van der Waals surface area contributed by atoms with Gasteiger partial charge in [0, 0.05) is 30.9 Å². The molecule has 1 fully saturated rings. The Hall–Kier alpha value is -1.51. The van der Waals surface area contributed by atoms with Crippen molar-refractivity contribution in [3.8, 4) is 0 Å². The normalized spacial score (nSPS) is 15.6. The number of anilines is 2. The molecule has 19 heavy (non-hydrogen) atoms. The molecule has 1 aliphatic rings. The van der Waals surface area contributed by atoms with Crippen LogP contribution in [0.2, 0.25) is 0 Å². The van der Waals surface area contributed by atoms with Gasteiger partial charge in [0.05, 0.1) is 0 Å². The molecular weight excluding hydrogens is 236 g/mol. The van der Waals surface area contributed by atoms with Gasteiger partial charge in [0.15, 0.2) is 0 Å². The van der Waals surface area contributed by atoms with Crippen LogP contribution in [-0.4, -0.2) is 19.0 Å². The van der Waals surface area contributed by atoms with Crippen LogP contribution in [-0.2, 0) is 4.79 Å². The number of piperidine rings is 1. The first-order valence-corrected chi connectivity index (χ1v) is 7.30. The van der Waals surface area contributed by atoms with Crippen LogP contribution in [0.3, 0.4) is 0 Å². The Balaban J connectivity index is 2.00. The second kappa shape index (κ2) is 6.60. The van der Waals surface area contributed by atoms with Gasteiger partial charge in [-0.2, -0.15) is 0 Å². The monoisotopic (exact) mass is 260 g/mol. The van der Waals surface area contributed by atoms with Crippen LogP contribution >= 0.6 is 0 Å². The SMILES string of the molecule is CC(C)CC(=O)Nc1cccc(N2CCCCC2)c1. The van der Waals surface area contributed by atoms with E-state index < -0.39 is 0 Å². The summed E-state index contributed by atoms with van der Waals surface area (Å²) in [5.74, 6) is 0.496. The highest BCUT2D eigenvalue weighted by atomic mass is 16.1. The summed E-state index contributed by atoms with van der Waals surface area (Å²) in [6.45, 7) is 6.38. The molecule has 1 heterocycles. The Morgan fingerprint density at radius 1 is 1.26 bits per heavy atom. The lowest BCUT2D eigenvalue weighted by Gasteiger charge is -2.29. The molecule has 3 heteroatoms. The van der Waals surface area contributed by atoms with Gasteiger partial charge in [-0.15, -0.1) is 0 Å². The number of hydrogen-bond donors (Lipinski definition) is 1. The average Bonchev–Trinajstić information content (AvgIpc) is 2.39. The Morgan fingerprint density at radius 2 is 2.00 bits per heavy atom. The maximum Gasteiger partial charge on any atom is 0.224 e. The fraction of sp³-hybridized carbons (Fsp3) is 0.562. The van der Waals surface area contributed by atoms with Gasteiger partial charge in [-0.1, -0.05) is 19.9 Å². The van der Waals surface area contributed by atoms with E-state index in [9.17, 15) is 4.79 Å². The predicted octanol–water partition coefficient (Wildman–Crippen LogP) is 3.66. The molecule has 3 nitrogen and oxygen atoms in total. The van der Waals surface area contributed by atoms with Crippen LogP contribution in [0.15, 0.2) is 24.3 Å². The number of rotatable bonds is 4. The summed E-state index contributed by atoms with van der Waals surface area (Å²) in [6.07, 6.45) is 4.45. The number of benzene rings is 1. The maximum atomic E-state index is 11.8. The summed E-state index contributed by atoms with van der Waals surface area (Å²) in [5.41, 5.74) is 2.13. The average molecular weight is 260 g/mol. The topological polar surface area (TPSA) is 32.3 Å². The molecule has 0 atom stereocenters. The molecule has 0 unspecified atom stereocenters. The van der Waals surface area contributed by atoms with Crippen molar-refractivity contribution < 1.29 is 4.79 Å². The van der Waals surface area contributed by atoms with Crippen molar-refractivity contribution in [3.63, 3.8) is 0 Å². The van der Waals surface area contributed by atoms with Gasteiger partial charge in [0.1, 0.15) is 0 Å². The van der Waals surface area contributed by atoms with Crippen molar-refractivity contribution in [2.45, 2.75) is 39.5 Å². The third kappa shape index (κ3) is 4.27. The van der Waals surface area contributed by atoms with Gasteiger partial charge in [-0.05, 0) is 43.4 Å². The lowest BCUT2D eigenvalue weighted by molar-refractivity contribution is -0.116. The van der Waals surface area contributed by atoms with Crippen LogP contribution in [0.1, 0.15) is 39.5 Å². The molecule has 0 aliphatic carbocycles. The Bertz CT molecular complexity index is 423. The number of carbonyl (C=O) groups is 1. The molecule has 1 N–H and O–H groups in total. The van der Waals surface area contributed by atoms with E-state index in [-0.39, 0.29) is 5.91 Å². The van der Waals surface area contributed by atoms with Crippen LogP contribution in [0, 0.1) is 5.92 Å². The Kier molecular flexibility index (Phi) is 4.83. The van der Waals surface area contributed by atoms with Crippen LogP contribution < -0.4 is 10.2 Å². The zero-order chi connectivity index (χ0) is 13.7. The minimum atomic E-state index is 0.103. The van der Waals surface area contributed by atoms with Gasteiger partial charge in [0.25, 0.3) is 0 Å². The Labute approximate surface area is 116 Å². The summed E-state index contributed by atoms with van der Waals surface area (Å²) < 4.78 is 0. The minimum Gasteiger partial charge on any atom is -0.371 e. The molecule has 0 bridgehead atoms. The summed E-state index contributed by atoms with van der Waals surface area (Å²) in [6, 6.07) is 8.20. The van der Waals surface area contributed by atoms with Gasteiger partial charge in [-0.3, -0.25) is 4.79 Å². The molecule has 2 rings (SSSR count). The first-order valence-electron chi connectivity index (χ1n) is 7.30. The lowest BCUT2D eigenvalue weighted by Crippen LogP contribution is -2.29. The summed E-state index contributed by atoms with van der Waals surface area (Å²) in [5, 5.41) is 2.99. The molecule has 1 saturated heterocycles. The van der Waals surface area contributed by atoms with Gasteiger partial charge >= 0.3 is 0 Å². The lowest BCUT2D eigenvalue weighted by atomic mass is 10.1. The number of amides is 1. The fourth-order valence-corrected chi connectivity index (χ4v) is 2.52. The van der Waals surface area contributed by atoms with Crippen molar-refractivity contribution in [2.24, 2.45) is 5.92 Å². The van der Waals surface area contributed by atoms with E-state index in [1.54, 1.807) is 0 Å². The number of nitrogens with zero attached hydrogens (tertiary/aromatic N) is 1. The van der Waals surface area contributed by atoms with Gasteiger partial charge in [0.2, 0.25) is 5.91 Å². The molecule has 1 amide bonds. The number of carbonyl (C=O) groups excluding carboxylic acids is 1. The van der Waals surface area contributed by atoms with Crippen molar-refractivity contribution in [3.05, 3.63) is 24.3 Å². The highest BCUT2D eigenvalue weighted by Crippen LogP contribution is 2.23. The van der Waals surface area contributed by atoms with E-state index in [1.807, 2.05) is 12.1 Å². The van der Waals surface area contributed by atoms with E-state index in [2.05, 4.69) is 36.2 Å². The van der Waals surface area contributed by atoms with Crippen LogP contribution in [0.5, 0.6) is 0 Å². The first kappa shape index (κ1) is 13.9. The zero-order valence-corrected chi connectivity index (χ0v) is 12.0. The third-order valence-corrected chi connectivity index (χ3v) is 3.44. The molecule has 1 aromatic rings. The predicted molar refractivity (Wildman–Crippen MR) is 80.6 cm³/mol. The highest BCUT2D eigenvalue weighted by molar-refractivity contribution is 5.91.